The van der Waals surface area contributed by atoms with Crippen molar-refractivity contribution in [3.8, 4) is 22.8 Å². The fraction of sp³-hybridized carbons (Fsp3) is 0.238. The molecule has 4 heterocycles. The number of nitrogen functional groups attached to an aromatic ring is 1. The molecule has 0 radical (unpaired) electrons. The van der Waals surface area contributed by atoms with E-state index in [-0.39, 0.29) is 5.41 Å². The monoisotopic (exact) mass is 358 g/mol. The Morgan fingerprint density at radius 2 is 1.89 bits per heavy atom. The van der Waals surface area contributed by atoms with Gasteiger partial charge >= 0.3 is 0 Å². The number of fused-ring (bicyclic) bond motifs is 1. The highest BCUT2D eigenvalue weighted by Crippen LogP contribution is 2.29. The number of nitrogens with zero attached hydrogens (tertiary/aromatic N) is 5. The van der Waals surface area contributed by atoms with Crippen molar-refractivity contribution >= 4 is 11.5 Å². The molecule has 0 aliphatic heterocycles. The molecule has 2 N–H and O–H groups in total. The zero-order valence-corrected chi connectivity index (χ0v) is 15.7. The van der Waals surface area contributed by atoms with E-state index in [0.717, 1.165) is 34.7 Å². The van der Waals surface area contributed by atoms with Crippen molar-refractivity contribution in [2.24, 2.45) is 5.41 Å². The molecule has 0 saturated heterocycles. The summed E-state index contributed by atoms with van der Waals surface area (Å²) in [6.45, 7) is 6.59. The summed E-state index contributed by atoms with van der Waals surface area (Å²) in [7, 11) is 0. The van der Waals surface area contributed by atoms with Gasteiger partial charge in [-0.3, -0.25) is 9.38 Å². The largest absolute Gasteiger partial charge is 0.384 e. The average molecular weight is 358 g/mol. The van der Waals surface area contributed by atoms with E-state index in [4.69, 9.17) is 10.7 Å². The van der Waals surface area contributed by atoms with E-state index >= 15 is 0 Å². The van der Waals surface area contributed by atoms with Crippen LogP contribution in [0.5, 0.6) is 0 Å². The Kier molecular flexibility index (Phi) is 4.11. The van der Waals surface area contributed by atoms with Gasteiger partial charge in [0, 0.05) is 24.0 Å². The van der Waals surface area contributed by atoms with E-state index < -0.39 is 0 Å². The highest BCUT2D eigenvalue weighted by atomic mass is 15.1. The summed E-state index contributed by atoms with van der Waals surface area (Å²) < 4.78 is 1.96. The van der Waals surface area contributed by atoms with Crippen molar-refractivity contribution in [3.63, 3.8) is 0 Å². The second kappa shape index (κ2) is 6.46. The third-order valence-electron chi connectivity index (χ3n) is 4.26. The number of imidazole rings is 1. The quantitative estimate of drug-likeness (QED) is 0.598. The molecule has 0 unspecified atom stereocenters. The van der Waals surface area contributed by atoms with Crippen molar-refractivity contribution in [1.82, 2.24) is 24.3 Å². The molecule has 0 fully saturated rings. The van der Waals surface area contributed by atoms with Crippen molar-refractivity contribution in [2.75, 3.05) is 5.73 Å². The van der Waals surface area contributed by atoms with Crippen LogP contribution in [0, 0.1) is 5.41 Å². The van der Waals surface area contributed by atoms with Crippen LogP contribution in [0.2, 0.25) is 0 Å². The Labute approximate surface area is 158 Å². The molecule has 27 heavy (non-hydrogen) atoms. The van der Waals surface area contributed by atoms with E-state index in [1.807, 2.05) is 47.1 Å². The predicted molar refractivity (Wildman–Crippen MR) is 107 cm³/mol. The molecule has 0 aromatic carbocycles. The van der Waals surface area contributed by atoms with Gasteiger partial charge in [0.15, 0.2) is 5.82 Å². The molecule has 0 bridgehead atoms. The summed E-state index contributed by atoms with van der Waals surface area (Å²) in [4.78, 5) is 18.3. The predicted octanol–water partition coefficient (Wildman–Crippen LogP) is 4.02. The van der Waals surface area contributed by atoms with E-state index in [1.54, 1.807) is 12.3 Å². The normalized spacial score (nSPS) is 11.8. The maximum absolute atomic E-state index is 6.12. The van der Waals surface area contributed by atoms with Crippen LogP contribution < -0.4 is 5.73 Å². The first-order valence-corrected chi connectivity index (χ1v) is 8.92. The lowest BCUT2D eigenvalue weighted by atomic mass is 9.88. The maximum atomic E-state index is 6.12. The van der Waals surface area contributed by atoms with E-state index in [2.05, 4.69) is 35.7 Å². The second-order valence-electron chi connectivity index (χ2n) is 7.81. The number of aromatic nitrogens is 5. The summed E-state index contributed by atoms with van der Waals surface area (Å²) in [5.74, 6) is 0.973. The van der Waals surface area contributed by atoms with Crippen LogP contribution in [0.15, 0.2) is 55.0 Å². The number of anilines is 1. The SMILES string of the molecule is CC(C)(C)Cc1ncccc1-c1cc(N)nc(-c2cnc3ccccn23)n1. The molecule has 4 rings (SSSR count). The topological polar surface area (TPSA) is 82.0 Å². The minimum absolute atomic E-state index is 0.117. The molecule has 0 aliphatic rings. The molecule has 0 saturated carbocycles. The zero-order chi connectivity index (χ0) is 19.0. The van der Waals surface area contributed by atoms with Crippen LogP contribution in [-0.4, -0.2) is 24.3 Å². The van der Waals surface area contributed by atoms with Gasteiger partial charge in [0.2, 0.25) is 0 Å². The Morgan fingerprint density at radius 3 is 2.70 bits per heavy atom. The first-order valence-electron chi connectivity index (χ1n) is 8.92. The van der Waals surface area contributed by atoms with Gasteiger partial charge in [0.05, 0.1) is 17.6 Å². The first kappa shape index (κ1) is 17.1. The van der Waals surface area contributed by atoms with Crippen LogP contribution in [0.25, 0.3) is 28.4 Å². The zero-order valence-electron chi connectivity index (χ0n) is 15.7. The lowest BCUT2D eigenvalue weighted by Crippen LogP contribution is -2.12. The summed E-state index contributed by atoms with van der Waals surface area (Å²) in [6.07, 6.45) is 6.38. The summed E-state index contributed by atoms with van der Waals surface area (Å²) in [5, 5.41) is 0. The van der Waals surface area contributed by atoms with Crippen LogP contribution in [0.3, 0.4) is 0 Å². The molecule has 6 heteroatoms. The number of pyridine rings is 2. The highest BCUT2D eigenvalue weighted by Gasteiger charge is 2.18. The molecular weight excluding hydrogens is 336 g/mol. The van der Waals surface area contributed by atoms with Crippen molar-refractivity contribution in [2.45, 2.75) is 27.2 Å². The number of nitrogens with two attached hydrogens (primary N) is 1. The third-order valence-corrected chi connectivity index (χ3v) is 4.26. The fourth-order valence-electron chi connectivity index (χ4n) is 3.13. The average Bonchev–Trinajstić information content (AvgIpc) is 3.04. The number of rotatable bonds is 3. The summed E-state index contributed by atoms with van der Waals surface area (Å²) in [6, 6.07) is 11.6. The third kappa shape index (κ3) is 3.51. The minimum atomic E-state index is 0.117. The standard InChI is InChI=1S/C21H22N6/c1-21(2,3)12-16-14(7-6-9-23-16)15-11-18(22)26-20(25-15)17-13-24-19-8-4-5-10-27(17)19/h4-11,13H,12H2,1-3H3,(H2,22,25,26). The van der Waals surface area contributed by atoms with E-state index in [0.29, 0.717) is 11.6 Å². The first-order chi connectivity index (χ1) is 12.9. The van der Waals surface area contributed by atoms with Crippen LogP contribution in [-0.2, 0) is 6.42 Å². The van der Waals surface area contributed by atoms with Gasteiger partial charge in [-0.1, -0.05) is 26.8 Å². The Morgan fingerprint density at radius 1 is 1.04 bits per heavy atom. The van der Waals surface area contributed by atoms with Gasteiger partial charge in [-0.05, 0) is 36.1 Å². The summed E-state index contributed by atoms with van der Waals surface area (Å²) >= 11 is 0. The minimum Gasteiger partial charge on any atom is -0.384 e. The van der Waals surface area contributed by atoms with Crippen LogP contribution >= 0.6 is 0 Å². The molecule has 0 atom stereocenters. The summed E-state index contributed by atoms with van der Waals surface area (Å²) in [5.41, 5.74) is 10.7. The molecular formula is C21H22N6. The van der Waals surface area contributed by atoms with Crippen LogP contribution in [0.4, 0.5) is 5.82 Å². The molecule has 0 aliphatic carbocycles. The highest BCUT2D eigenvalue weighted by molar-refractivity contribution is 5.68. The Bertz CT molecular complexity index is 1110. The van der Waals surface area contributed by atoms with E-state index in [9.17, 15) is 0 Å². The fourth-order valence-corrected chi connectivity index (χ4v) is 3.13. The lowest BCUT2D eigenvalue weighted by molar-refractivity contribution is 0.407. The molecule has 0 spiro atoms. The Balaban J connectivity index is 1.85. The van der Waals surface area contributed by atoms with Gasteiger partial charge in [-0.25, -0.2) is 15.0 Å². The van der Waals surface area contributed by atoms with Gasteiger partial charge in [-0.2, -0.15) is 0 Å². The van der Waals surface area contributed by atoms with E-state index in [1.165, 1.54) is 0 Å². The number of hydrogen-bond donors (Lipinski definition) is 1. The lowest BCUT2D eigenvalue weighted by Gasteiger charge is -2.19. The van der Waals surface area contributed by atoms with Gasteiger partial charge in [0.25, 0.3) is 0 Å². The number of hydrogen-bond acceptors (Lipinski definition) is 5. The molecule has 6 nitrogen and oxygen atoms in total. The van der Waals surface area contributed by atoms with Crippen molar-refractivity contribution in [1.29, 1.82) is 0 Å². The van der Waals surface area contributed by atoms with Gasteiger partial charge in [-0.15, -0.1) is 0 Å². The molecule has 4 aromatic heterocycles. The van der Waals surface area contributed by atoms with Crippen LogP contribution in [0.1, 0.15) is 26.5 Å². The molecule has 136 valence electrons. The maximum Gasteiger partial charge on any atom is 0.180 e. The molecule has 0 amide bonds. The van der Waals surface area contributed by atoms with Gasteiger partial charge < -0.3 is 5.73 Å². The molecule has 4 aromatic rings. The van der Waals surface area contributed by atoms with Crippen molar-refractivity contribution < 1.29 is 0 Å². The smallest absolute Gasteiger partial charge is 0.180 e. The Hall–Kier alpha value is -3.28. The second-order valence-corrected chi connectivity index (χ2v) is 7.81. The van der Waals surface area contributed by atoms with Crippen molar-refractivity contribution in [3.05, 3.63) is 60.7 Å². The van der Waals surface area contributed by atoms with Gasteiger partial charge in [0.1, 0.15) is 17.2 Å².